The Kier molecular flexibility index (Phi) is 5.66. The zero-order chi connectivity index (χ0) is 15.3. The van der Waals surface area contributed by atoms with Gasteiger partial charge in [0.2, 0.25) is 0 Å². The number of aliphatic imine (C=N–C) groups is 1. The predicted molar refractivity (Wildman–Crippen MR) is 95.9 cm³/mol. The number of hydrogen-bond donors (Lipinski definition) is 2. The molecule has 2 N–H and O–H groups in total. The zero-order valence-corrected chi connectivity index (χ0v) is 14.8. The molecule has 0 bridgehead atoms. The first-order valence-electron chi connectivity index (χ1n) is 8.00. The van der Waals surface area contributed by atoms with Gasteiger partial charge in [-0.15, -0.1) is 11.3 Å². The smallest absolute Gasteiger partial charge is 0.191 e. The molecule has 0 radical (unpaired) electrons. The van der Waals surface area contributed by atoms with E-state index in [1.807, 2.05) is 11.8 Å². The molecule has 2 aliphatic rings. The molecule has 0 spiro atoms. The van der Waals surface area contributed by atoms with Crippen LogP contribution in [0.1, 0.15) is 30.6 Å². The van der Waals surface area contributed by atoms with Crippen molar-refractivity contribution < 1.29 is 4.74 Å². The summed E-state index contributed by atoms with van der Waals surface area (Å²) in [5.74, 6) is 0.968. The first kappa shape index (κ1) is 16.1. The fourth-order valence-corrected chi connectivity index (χ4v) is 3.99. The second-order valence-corrected chi connectivity index (χ2v) is 8.32. The van der Waals surface area contributed by atoms with E-state index in [2.05, 4.69) is 34.4 Å². The second kappa shape index (κ2) is 7.70. The Morgan fingerprint density at radius 3 is 2.91 bits per heavy atom. The van der Waals surface area contributed by atoms with Crippen LogP contribution in [-0.2, 0) is 11.3 Å². The van der Waals surface area contributed by atoms with E-state index in [0.717, 1.165) is 45.1 Å². The monoisotopic (exact) mass is 339 g/mol. The highest BCUT2D eigenvalue weighted by molar-refractivity contribution is 8.00. The van der Waals surface area contributed by atoms with Crippen LogP contribution in [0, 0.1) is 0 Å². The third-order valence-electron chi connectivity index (χ3n) is 4.31. The normalized spacial score (nSPS) is 21.6. The SMILES string of the molecule is CSC1(CNC(=NCc2cccs2)NC2CC2)CCOCC1. The van der Waals surface area contributed by atoms with Gasteiger partial charge in [0, 0.05) is 35.4 Å². The van der Waals surface area contributed by atoms with Crippen LogP contribution in [-0.4, -0.2) is 42.8 Å². The molecule has 22 heavy (non-hydrogen) atoms. The fraction of sp³-hybridized carbons (Fsp3) is 0.688. The molecule has 0 aromatic carbocycles. The van der Waals surface area contributed by atoms with Crippen LogP contribution in [0.3, 0.4) is 0 Å². The summed E-state index contributed by atoms with van der Waals surface area (Å²) in [5.41, 5.74) is 0. The zero-order valence-electron chi connectivity index (χ0n) is 13.1. The number of thioether (sulfide) groups is 1. The van der Waals surface area contributed by atoms with Gasteiger partial charge in [-0.1, -0.05) is 6.07 Å². The highest BCUT2D eigenvalue weighted by atomic mass is 32.2. The molecule has 0 amide bonds. The number of rotatable bonds is 6. The third-order valence-corrected chi connectivity index (χ3v) is 6.59. The summed E-state index contributed by atoms with van der Waals surface area (Å²) < 4.78 is 5.80. The predicted octanol–water partition coefficient (Wildman–Crippen LogP) is 2.86. The van der Waals surface area contributed by atoms with Crippen molar-refractivity contribution in [3.8, 4) is 0 Å². The number of ether oxygens (including phenoxy) is 1. The summed E-state index contributed by atoms with van der Waals surface area (Å²) in [6.07, 6.45) is 6.97. The van der Waals surface area contributed by atoms with Gasteiger partial charge in [-0.3, -0.25) is 0 Å². The van der Waals surface area contributed by atoms with Crippen LogP contribution in [0.15, 0.2) is 22.5 Å². The minimum absolute atomic E-state index is 0.285. The molecule has 2 fully saturated rings. The maximum absolute atomic E-state index is 5.52. The van der Waals surface area contributed by atoms with Crippen LogP contribution in [0.4, 0.5) is 0 Å². The summed E-state index contributed by atoms with van der Waals surface area (Å²) in [6.45, 7) is 3.47. The maximum atomic E-state index is 5.52. The van der Waals surface area contributed by atoms with Crippen molar-refractivity contribution in [2.75, 3.05) is 26.0 Å². The van der Waals surface area contributed by atoms with Crippen molar-refractivity contribution in [3.05, 3.63) is 22.4 Å². The van der Waals surface area contributed by atoms with E-state index >= 15 is 0 Å². The summed E-state index contributed by atoms with van der Waals surface area (Å²) in [7, 11) is 0. The molecule has 122 valence electrons. The summed E-state index contributed by atoms with van der Waals surface area (Å²) in [4.78, 5) is 6.07. The van der Waals surface area contributed by atoms with Gasteiger partial charge in [-0.2, -0.15) is 11.8 Å². The first-order chi connectivity index (χ1) is 10.8. The van der Waals surface area contributed by atoms with Crippen molar-refractivity contribution in [1.82, 2.24) is 10.6 Å². The number of guanidine groups is 1. The van der Waals surface area contributed by atoms with Crippen molar-refractivity contribution in [2.45, 2.75) is 43.0 Å². The van der Waals surface area contributed by atoms with Gasteiger partial charge in [-0.25, -0.2) is 4.99 Å². The fourth-order valence-electron chi connectivity index (χ4n) is 2.57. The standard InChI is InChI=1S/C16H25N3OS2/c1-21-16(6-8-20-9-7-16)12-18-15(19-13-4-5-13)17-11-14-3-2-10-22-14/h2-3,10,13H,4-9,11-12H2,1H3,(H2,17,18,19). The molecular formula is C16H25N3OS2. The van der Waals surface area contributed by atoms with Crippen molar-refractivity contribution >= 4 is 29.1 Å². The topological polar surface area (TPSA) is 45.7 Å². The number of nitrogens with one attached hydrogen (secondary N) is 2. The molecule has 1 aromatic heterocycles. The quantitative estimate of drug-likeness (QED) is 0.618. The number of nitrogens with zero attached hydrogens (tertiary/aromatic N) is 1. The molecule has 4 nitrogen and oxygen atoms in total. The Bertz CT molecular complexity index is 480. The second-order valence-electron chi connectivity index (χ2n) is 6.02. The summed E-state index contributed by atoms with van der Waals surface area (Å²) >= 11 is 3.73. The van der Waals surface area contributed by atoms with E-state index in [-0.39, 0.29) is 4.75 Å². The summed E-state index contributed by atoms with van der Waals surface area (Å²) in [6, 6.07) is 4.85. The molecule has 2 heterocycles. The van der Waals surface area contributed by atoms with Gasteiger partial charge in [0.15, 0.2) is 5.96 Å². The minimum Gasteiger partial charge on any atom is -0.381 e. The van der Waals surface area contributed by atoms with E-state index < -0.39 is 0 Å². The first-order valence-corrected chi connectivity index (χ1v) is 10.1. The van der Waals surface area contributed by atoms with Gasteiger partial charge in [0.05, 0.1) is 6.54 Å². The molecule has 1 saturated carbocycles. The highest BCUT2D eigenvalue weighted by Crippen LogP contribution is 2.33. The molecular weight excluding hydrogens is 314 g/mol. The van der Waals surface area contributed by atoms with Crippen LogP contribution < -0.4 is 10.6 Å². The lowest BCUT2D eigenvalue weighted by Crippen LogP contribution is -2.48. The maximum Gasteiger partial charge on any atom is 0.191 e. The Morgan fingerprint density at radius 1 is 1.45 bits per heavy atom. The van der Waals surface area contributed by atoms with Crippen LogP contribution in [0.5, 0.6) is 0 Å². The minimum atomic E-state index is 0.285. The van der Waals surface area contributed by atoms with Crippen LogP contribution in [0.25, 0.3) is 0 Å². The number of thiophene rings is 1. The van der Waals surface area contributed by atoms with E-state index in [0.29, 0.717) is 6.04 Å². The molecule has 3 rings (SSSR count). The average Bonchev–Trinajstić information content (AvgIpc) is 3.22. The summed E-state index contributed by atoms with van der Waals surface area (Å²) in [5, 5.41) is 9.23. The van der Waals surface area contributed by atoms with Crippen molar-refractivity contribution in [1.29, 1.82) is 0 Å². The molecule has 1 aromatic rings. The van der Waals surface area contributed by atoms with Crippen LogP contribution >= 0.6 is 23.1 Å². The Morgan fingerprint density at radius 2 is 2.27 bits per heavy atom. The molecule has 1 saturated heterocycles. The van der Waals surface area contributed by atoms with E-state index in [1.54, 1.807) is 11.3 Å². The van der Waals surface area contributed by atoms with E-state index in [4.69, 9.17) is 9.73 Å². The average molecular weight is 340 g/mol. The largest absolute Gasteiger partial charge is 0.381 e. The van der Waals surface area contributed by atoms with Gasteiger partial charge in [0.25, 0.3) is 0 Å². The molecule has 0 unspecified atom stereocenters. The number of hydrogen-bond acceptors (Lipinski definition) is 4. The highest BCUT2D eigenvalue weighted by Gasteiger charge is 2.32. The van der Waals surface area contributed by atoms with Gasteiger partial charge >= 0.3 is 0 Å². The molecule has 1 aliphatic heterocycles. The Balaban J connectivity index is 1.57. The lowest BCUT2D eigenvalue weighted by Gasteiger charge is -2.36. The van der Waals surface area contributed by atoms with Crippen LogP contribution in [0.2, 0.25) is 0 Å². The van der Waals surface area contributed by atoms with Crippen molar-refractivity contribution in [3.63, 3.8) is 0 Å². The molecule has 1 aliphatic carbocycles. The van der Waals surface area contributed by atoms with Crippen molar-refractivity contribution in [2.24, 2.45) is 4.99 Å². The van der Waals surface area contributed by atoms with Gasteiger partial charge in [-0.05, 0) is 43.4 Å². The van der Waals surface area contributed by atoms with Gasteiger partial charge < -0.3 is 15.4 Å². The van der Waals surface area contributed by atoms with E-state index in [9.17, 15) is 0 Å². The Hall–Kier alpha value is -0.720. The van der Waals surface area contributed by atoms with E-state index in [1.165, 1.54) is 17.7 Å². The lowest BCUT2D eigenvalue weighted by atomic mass is 9.99. The molecule has 0 atom stereocenters. The lowest BCUT2D eigenvalue weighted by molar-refractivity contribution is 0.0783. The van der Waals surface area contributed by atoms with Gasteiger partial charge in [0.1, 0.15) is 0 Å². The molecule has 6 heteroatoms. The Labute approximate surface area is 141 Å². The third kappa shape index (κ3) is 4.64.